The summed E-state index contributed by atoms with van der Waals surface area (Å²) < 4.78 is 5.90. The molecule has 0 radical (unpaired) electrons. The number of nitrogens with zero attached hydrogens (tertiary/aromatic N) is 2. The van der Waals surface area contributed by atoms with Gasteiger partial charge in [0.15, 0.2) is 0 Å². The highest BCUT2D eigenvalue weighted by molar-refractivity contribution is 5.29. The molecule has 0 spiro atoms. The number of hydrogen-bond donors (Lipinski definition) is 1. The van der Waals surface area contributed by atoms with Crippen molar-refractivity contribution < 1.29 is 4.74 Å². The van der Waals surface area contributed by atoms with Gasteiger partial charge in [-0.1, -0.05) is 29.8 Å². The third-order valence-corrected chi connectivity index (χ3v) is 3.00. The number of ether oxygens (including phenoxy) is 1. The van der Waals surface area contributed by atoms with Crippen LogP contribution in [0.2, 0.25) is 0 Å². The predicted octanol–water partition coefficient (Wildman–Crippen LogP) is 2.73. The fraction of sp³-hybridized carbons (Fsp3) is 0.250. The normalized spacial score (nSPS) is 13.3. The van der Waals surface area contributed by atoms with E-state index in [-0.39, 0.29) is 12.1 Å². The summed E-state index contributed by atoms with van der Waals surface area (Å²) in [5, 5.41) is 8.73. The van der Waals surface area contributed by atoms with E-state index in [2.05, 4.69) is 4.98 Å². The Kier molecular flexibility index (Phi) is 4.34. The van der Waals surface area contributed by atoms with E-state index >= 15 is 0 Å². The summed E-state index contributed by atoms with van der Waals surface area (Å²) in [6.45, 7) is 3.94. The minimum Gasteiger partial charge on any atom is -0.482 e. The molecule has 2 aromatic rings. The minimum atomic E-state index is -0.245. The van der Waals surface area contributed by atoms with Gasteiger partial charge in [0.05, 0.1) is 6.20 Å². The van der Waals surface area contributed by atoms with Gasteiger partial charge in [-0.05, 0) is 31.5 Å². The highest BCUT2D eigenvalue weighted by atomic mass is 16.5. The zero-order chi connectivity index (χ0) is 14.5. The SMILES string of the molecule is Cc1ccc([C@@H](Oc2ccc(C#N)nc2)C(C)N)cc1. The Hall–Kier alpha value is -2.38. The summed E-state index contributed by atoms with van der Waals surface area (Å²) in [6.07, 6.45) is 1.30. The number of aromatic nitrogens is 1. The van der Waals surface area contributed by atoms with E-state index in [1.54, 1.807) is 18.3 Å². The molecule has 0 aliphatic carbocycles. The van der Waals surface area contributed by atoms with Crippen LogP contribution < -0.4 is 10.5 Å². The van der Waals surface area contributed by atoms with E-state index in [4.69, 9.17) is 15.7 Å². The third kappa shape index (κ3) is 3.34. The van der Waals surface area contributed by atoms with Gasteiger partial charge in [0.25, 0.3) is 0 Å². The first-order chi connectivity index (χ1) is 9.60. The molecular formula is C16H17N3O. The Balaban J connectivity index is 2.21. The van der Waals surface area contributed by atoms with Gasteiger partial charge in [-0.2, -0.15) is 5.26 Å². The van der Waals surface area contributed by atoms with Crippen molar-refractivity contribution in [3.05, 3.63) is 59.4 Å². The van der Waals surface area contributed by atoms with Crippen LogP contribution in [0.25, 0.3) is 0 Å². The van der Waals surface area contributed by atoms with Gasteiger partial charge in [-0.25, -0.2) is 4.98 Å². The van der Waals surface area contributed by atoms with Crippen molar-refractivity contribution in [1.29, 1.82) is 5.26 Å². The van der Waals surface area contributed by atoms with Gasteiger partial charge >= 0.3 is 0 Å². The molecule has 102 valence electrons. The van der Waals surface area contributed by atoms with Crippen LogP contribution in [0, 0.1) is 18.3 Å². The summed E-state index contributed by atoms with van der Waals surface area (Å²) in [5.74, 6) is 0.604. The molecule has 1 aromatic heterocycles. The lowest BCUT2D eigenvalue weighted by atomic mass is 10.0. The zero-order valence-electron chi connectivity index (χ0n) is 11.6. The van der Waals surface area contributed by atoms with Crippen LogP contribution in [0.15, 0.2) is 42.6 Å². The molecule has 0 bridgehead atoms. The second-order valence-corrected chi connectivity index (χ2v) is 4.80. The molecule has 1 heterocycles. The van der Waals surface area contributed by atoms with Crippen molar-refractivity contribution in [3.63, 3.8) is 0 Å². The predicted molar refractivity (Wildman–Crippen MR) is 77.1 cm³/mol. The fourth-order valence-electron chi connectivity index (χ4n) is 1.90. The monoisotopic (exact) mass is 267 g/mol. The molecule has 2 atom stereocenters. The van der Waals surface area contributed by atoms with Crippen LogP contribution >= 0.6 is 0 Å². The molecule has 0 saturated heterocycles. The molecule has 0 amide bonds. The van der Waals surface area contributed by atoms with Gasteiger partial charge < -0.3 is 10.5 Å². The second kappa shape index (κ2) is 6.18. The lowest BCUT2D eigenvalue weighted by Gasteiger charge is -2.23. The molecule has 4 heteroatoms. The molecule has 0 aliphatic rings. The average Bonchev–Trinajstić information content (AvgIpc) is 2.46. The Morgan fingerprint density at radius 3 is 2.40 bits per heavy atom. The van der Waals surface area contributed by atoms with Gasteiger partial charge in [0.2, 0.25) is 0 Å². The Bertz CT molecular complexity index is 597. The van der Waals surface area contributed by atoms with Crippen molar-refractivity contribution in [1.82, 2.24) is 4.98 Å². The largest absolute Gasteiger partial charge is 0.482 e. The highest BCUT2D eigenvalue weighted by Crippen LogP contribution is 2.24. The van der Waals surface area contributed by atoms with Gasteiger partial charge in [-0.15, -0.1) is 0 Å². The number of nitriles is 1. The van der Waals surface area contributed by atoms with E-state index in [0.29, 0.717) is 11.4 Å². The van der Waals surface area contributed by atoms with Crippen molar-refractivity contribution in [2.24, 2.45) is 5.73 Å². The Morgan fingerprint density at radius 1 is 1.20 bits per heavy atom. The third-order valence-electron chi connectivity index (χ3n) is 3.00. The smallest absolute Gasteiger partial charge is 0.140 e. The van der Waals surface area contributed by atoms with Crippen molar-refractivity contribution in [2.75, 3.05) is 0 Å². The van der Waals surface area contributed by atoms with Gasteiger partial charge in [0, 0.05) is 6.04 Å². The van der Waals surface area contributed by atoms with E-state index in [9.17, 15) is 0 Å². The number of benzene rings is 1. The van der Waals surface area contributed by atoms with Crippen LogP contribution in [0.3, 0.4) is 0 Å². The van der Waals surface area contributed by atoms with E-state index in [1.165, 1.54) is 5.56 Å². The maximum atomic E-state index is 8.73. The summed E-state index contributed by atoms with van der Waals surface area (Å²) in [6, 6.07) is 13.3. The number of aryl methyl sites for hydroxylation is 1. The van der Waals surface area contributed by atoms with Crippen LogP contribution in [0.5, 0.6) is 5.75 Å². The summed E-state index contributed by atoms with van der Waals surface area (Å²) in [5.41, 5.74) is 8.59. The maximum Gasteiger partial charge on any atom is 0.140 e. The standard InChI is InChI=1S/C16H17N3O/c1-11-3-5-13(6-4-11)16(12(2)18)20-15-8-7-14(9-17)19-10-15/h3-8,10,12,16H,18H2,1-2H3/t12?,16-/m0/s1. The fourth-order valence-corrected chi connectivity index (χ4v) is 1.90. The molecular weight excluding hydrogens is 250 g/mol. The number of hydrogen-bond acceptors (Lipinski definition) is 4. The van der Waals surface area contributed by atoms with Crippen LogP contribution in [-0.4, -0.2) is 11.0 Å². The Labute approximate surface area is 118 Å². The summed E-state index contributed by atoms with van der Waals surface area (Å²) in [7, 11) is 0. The molecule has 2 rings (SSSR count). The van der Waals surface area contributed by atoms with Gasteiger partial charge in [0.1, 0.15) is 23.6 Å². The molecule has 1 unspecified atom stereocenters. The first-order valence-electron chi connectivity index (χ1n) is 6.45. The summed E-state index contributed by atoms with van der Waals surface area (Å²) in [4.78, 5) is 3.99. The van der Waals surface area contributed by atoms with E-state index in [0.717, 1.165) is 5.56 Å². The maximum absolute atomic E-state index is 8.73. The first-order valence-corrected chi connectivity index (χ1v) is 6.45. The van der Waals surface area contributed by atoms with Crippen molar-refractivity contribution >= 4 is 0 Å². The number of pyridine rings is 1. The van der Waals surface area contributed by atoms with Crippen LogP contribution in [0.1, 0.15) is 29.8 Å². The molecule has 0 fully saturated rings. The quantitative estimate of drug-likeness (QED) is 0.924. The minimum absolute atomic E-state index is 0.159. The summed E-state index contributed by atoms with van der Waals surface area (Å²) >= 11 is 0. The topological polar surface area (TPSA) is 71.9 Å². The molecule has 20 heavy (non-hydrogen) atoms. The molecule has 0 saturated carbocycles. The molecule has 4 nitrogen and oxygen atoms in total. The zero-order valence-corrected chi connectivity index (χ0v) is 11.6. The molecule has 1 aromatic carbocycles. The van der Waals surface area contributed by atoms with Crippen LogP contribution in [0.4, 0.5) is 0 Å². The van der Waals surface area contributed by atoms with Crippen molar-refractivity contribution in [3.8, 4) is 11.8 Å². The Morgan fingerprint density at radius 2 is 1.90 bits per heavy atom. The molecule has 2 N–H and O–H groups in total. The molecule has 0 aliphatic heterocycles. The van der Waals surface area contributed by atoms with Gasteiger partial charge in [-0.3, -0.25) is 0 Å². The lowest BCUT2D eigenvalue weighted by Crippen LogP contribution is -2.29. The van der Waals surface area contributed by atoms with E-state index < -0.39 is 0 Å². The highest BCUT2D eigenvalue weighted by Gasteiger charge is 2.18. The number of nitrogens with two attached hydrogens (primary N) is 1. The van der Waals surface area contributed by atoms with Crippen LogP contribution in [-0.2, 0) is 0 Å². The number of rotatable bonds is 4. The lowest BCUT2D eigenvalue weighted by molar-refractivity contribution is 0.180. The first kappa shape index (κ1) is 14.0. The average molecular weight is 267 g/mol. The van der Waals surface area contributed by atoms with E-state index in [1.807, 2.05) is 44.2 Å². The second-order valence-electron chi connectivity index (χ2n) is 4.80. The van der Waals surface area contributed by atoms with Crippen molar-refractivity contribution in [2.45, 2.75) is 26.0 Å².